The van der Waals surface area contributed by atoms with Gasteiger partial charge in [0, 0.05) is 31.3 Å². The van der Waals surface area contributed by atoms with E-state index < -0.39 is 40.6 Å². The Morgan fingerprint density at radius 1 is 0.906 bits per heavy atom. The first-order valence-electron chi connectivity index (χ1n) is 9.87. The first kappa shape index (κ1) is 23.3. The molecule has 0 spiro atoms. The van der Waals surface area contributed by atoms with Gasteiger partial charge in [-0.15, -0.1) is 0 Å². The Morgan fingerprint density at radius 2 is 1.53 bits per heavy atom. The summed E-state index contributed by atoms with van der Waals surface area (Å²) in [5, 5.41) is 67.8. The number of Topliss-reactive ketones (excluding diaryl/α,β-unsaturated/α-hetero) is 1. The van der Waals surface area contributed by atoms with Crippen molar-refractivity contribution in [3.05, 3.63) is 29.3 Å². The number of ether oxygens (including phenoxy) is 2. The highest BCUT2D eigenvalue weighted by molar-refractivity contribution is 6.03. The molecule has 11 nitrogen and oxygen atoms in total. The molecule has 11 heteroatoms. The third-order valence-electron chi connectivity index (χ3n) is 5.06. The van der Waals surface area contributed by atoms with Gasteiger partial charge in [0.1, 0.15) is 24.0 Å². The van der Waals surface area contributed by atoms with E-state index in [0.717, 1.165) is 18.2 Å². The highest BCUT2D eigenvalue weighted by atomic mass is 16.5. The number of ketones is 1. The summed E-state index contributed by atoms with van der Waals surface area (Å²) in [6, 6.07) is 3.22. The van der Waals surface area contributed by atoms with Crippen LogP contribution >= 0.6 is 0 Å². The molecule has 0 bridgehead atoms. The van der Waals surface area contributed by atoms with Crippen molar-refractivity contribution in [2.45, 2.75) is 12.5 Å². The number of benzene rings is 2. The minimum atomic E-state index is -1.00. The van der Waals surface area contributed by atoms with Crippen molar-refractivity contribution in [2.75, 3.05) is 39.5 Å². The van der Waals surface area contributed by atoms with Crippen molar-refractivity contribution in [1.82, 2.24) is 4.90 Å². The number of carbonyl (C=O) groups excluding carboxylic acids is 1. The molecule has 0 fully saturated rings. The van der Waals surface area contributed by atoms with Crippen molar-refractivity contribution in [3.8, 4) is 40.2 Å². The molecule has 174 valence electrons. The van der Waals surface area contributed by atoms with Gasteiger partial charge in [-0.3, -0.25) is 9.69 Å². The summed E-state index contributed by atoms with van der Waals surface area (Å²) in [6.07, 6.45) is -1.24. The zero-order chi connectivity index (χ0) is 23.4. The van der Waals surface area contributed by atoms with Crippen molar-refractivity contribution < 1.29 is 50.0 Å². The summed E-state index contributed by atoms with van der Waals surface area (Å²) in [7, 11) is 0. The molecule has 0 unspecified atom stereocenters. The Morgan fingerprint density at radius 3 is 2.12 bits per heavy atom. The summed E-state index contributed by atoms with van der Waals surface area (Å²) < 4.78 is 11.5. The first-order chi connectivity index (χ1) is 15.3. The summed E-state index contributed by atoms with van der Waals surface area (Å²) in [4.78, 5) is 14.5. The number of hydrogen-bond donors (Lipinski definition) is 7. The number of nitrogens with zero attached hydrogens (tertiary/aromatic N) is 1. The Kier molecular flexibility index (Phi) is 7.13. The van der Waals surface area contributed by atoms with E-state index in [-0.39, 0.29) is 55.4 Å². The van der Waals surface area contributed by atoms with E-state index in [9.17, 15) is 30.3 Å². The van der Waals surface area contributed by atoms with E-state index in [1.54, 1.807) is 4.90 Å². The smallest absolute Gasteiger partial charge is 0.204 e. The predicted octanol–water partition coefficient (Wildman–Crippen LogP) is 0.586. The number of phenolic OH excluding ortho intramolecular Hbond substituents is 5. The van der Waals surface area contributed by atoms with E-state index in [4.69, 9.17) is 19.7 Å². The first-order valence-corrected chi connectivity index (χ1v) is 9.87. The van der Waals surface area contributed by atoms with Gasteiger partial charge in [-0.05, 0) is 12.1 Å². The fourth-order valence-electron chi connectivity index (χ4n) is 3.48. The zero-order valence-electron chi connectivity index (χ0n) is 17.1. The van der Waals surface area contributed by atoms with Crippen LogP contribution in [-0.4, -0.2) is 85.9 Å². The number of aliphatic hydroxyl groups is 2. The van der Waals surface area contributed by atoms with Crippen LogP contribution in [0.25, 0.3) is 0 Å². The minimum absolute atomic E-state index is 0.00772. The molecule has 32 heavy (non-hydrogen) atoms. The van der Waals surface area contributed by atoms with Gasteiger partial charge < -0.3 is 45.2 Å². The molecule has 0 aromatic heterocycles. The largest absolute Gasteiger partial charge is 0.507 e. The summed E-state index contributed by atoms with van der Waals surface area (Å²) in [5.74, 6) is -3.80. The molecule has 3 rings (SSSR count). The standard InChI is InChI=1S/C21H25NO10/c23-4-1-22(2-5-24)3-6-31-20-16(29)9-12(25)18-13(26)10-17(32-21(18)20)11-7-14(27)19(30)15(28)8-11/h7-9,17,23-25,27-30H,1-6,10H2/t17-/m0/s1. The summed E-state index contributed by atoms with van der Waals surface area (Å²) in [5.41, 5.74) is 0.00601. The van der Waals surface area contributed by atoms with Gasteiger partial charge in [-0.2, -0.15) is 0 Å². The fourth-order valence-corrected chi connectivity index (χ4v) is 3.48. The Balaban J connectivity index is 1.89. The summed E-state index contributed by atoms with van der Waals surface area (Å²) >= 11 is 0. The van der Waals surface area contributed by atoms with E-state index in [1.807, 2.05) is 0 Å². The van der Waals surface area contributed by atoms with Crippen LogP contribution in [-0.2, 0) is 0 Å². The van der Waals surface area contributed by atoms with E-state index >= 15 is 0 Å². The molecule has 1 aliphatic rings. The van der Waals surface area contributed by atoms with Crippen LogP contribution in [0.4, 0.5) is 0 Å². The third kappa shape index (κ3) is 4.74. The molecule has 0 aliphatic carbocycles. The predicted molar refractivity (Wildman–Crippen MR) is 110 cm³/mol. The molecule has 1 heterocycles. The van der Waals surface area contributed by atoms with Gasteiger partial charge in [0.05, 0.1) is 19.6 Å². The Labute approximate surface area is 182 Å². The molecule has 0 saturated carbocycles. The van der Waals surface area contributed by atoms with Crippen molar-refractivity contribution >= 4 is 5.78 Å². The fraction of sp³-hybridized carbons (Fsp3) is 0.381. The van der Waals surface area contributed by atoms with Crippen LogP contribution in [0.2, 0.25) is 0 Å². The maximum Gasteiger partial charge on any atom is 0.204 e. The normalized spacial score (nSPS) is 15.5. The van der Waals surface area contributed by atoms with Crippen LogP contribution in [0.1, 0.15) is 28.4 Å². The number of rotatable bonds is 9. The molecule has 0 amide bonds. The van der Waals surface area contributed by atoms with E-state index in [2.05, 4.69) is 0 Å². The van der Waals surface area contributed by atoms with Crippen LogP contribution in [0, 0.1) is 0 Å². The lowest BCUT2D eigenvalue weighted by Gasteiger charge is -2.28. The lowest BCUT2D eigenvalue weighted by atomic mass is 9.94. The second-order valence-electron chi connectivity index (χ2n) is 7.23. The average Bonchev–Trinajstić information content (AvgIpc) is 2.73. The van der Waals surface area contributed by atoms with Crippen LogP contribution < -0.4 is 9.47 Å². The van der Waals surface area contributed by atoms with Crippen LogP contribution in [0.15, 0.2) is 18.2 Å². The van der Waals surface area contributed by atoms with Gasteiger partial charge in [-0.25, -0.2) is 0 Å². The Hall–Kier alpha value is -3.41. The summed E-state index contributed by atoms with van der Waals surface area (Å²) in [6.45, 7) is 0.654. The number of aromatic hydroxyl groups is 5. The number of phenols is 5. The number of hydrogen-bond acceptors (Lipinski definition) is 11. The molecule has 1 aliphatic heterocycles. The van der Waals surface area contributed by atoms with Crippen LogP contribution in [0.3, 0.4) is 0 Å². The van der Waals surface area contributed by atoms with Crippen molar-refractivity contribution in [2.24, 2.45) is 0 Å². The molecule has 2 aromatic rings. The number of carbonyl (C=O) groups is 1. The average molecular weight is 451 g/mol. The second kappa shape index (κ2) is 9.81. The van der Waals surface area contributed by atoms with Crippen molar-refractivity contribution in [3.63, 3.8) is 0 Å². The molecule has 2 aromatic carbocycles. The van der Waals surface area contributed by atoms with Gasteiger partial charge in [0.15, 0.2) is 34.5 Å². The molecule has 7 N–H and O–H groups in total. The Bertz CT molecular complexity index is 964. The van der Waals surface area contributed by atoms with E-state index in [0.29, 0.717) is 13.1 Å². The zero-order valence-corrected chi connectivity index (χ0v) is 17.1. The minimum Gasteiger partial charge on any atom is -0.507 e. The van der Waals surface area contributed by atoms with Crippen LogP contribution in [0.5, 0.6) is 40.2 Å². The highest BCUT2D eigenvalue weighted by Crippen LogP contribution is 2.50. The lowest BCUT2D eigenvalue weighted by molar-refractivity contribution is 0.0827. The molecule has 0 radical (unpaired) electrons. The topological polar surface area (TPSA) is 180 Å². The molecular weight excluding hydrogens is 426 g/mol. The van der Waals surface area contributed by atoms with Gasteiger partial charge in [0.2, 0.25) is 5.75 Å². The second-order valence-corrected chi connectivity index (χ2v) is 7.23. The molecular formula is C21H25NO10. The number of aliphatic hydroxyl groups excluding tert-OH is 2. The molecule has 1 atom stereocenters. The molecule has 0 saturated heterocycles. The maximum absolute atomic E-state index is 12.7. The van der Waals surface area contributed by atoms with Gasteiger partial charge in [0.25, 0.3) is 0 Å². The quantitative estimate of drug-likeness (QED) is 0.265. The monoisotopic (exact) mass is 451 g/mol. The van der Waals surface area contributed by atoms with Gasteiger partial charge >= 0.3 is 0 Å². The SMILES string of the molecule is O=C1C[C@@H](c2cc(O)c(O)c(O)c2)Oc2c(OCCN(CCO)CCO)c(O)cc(O)c21. The van der Waals surface area contributed by atoms with E-state index in [1.165, 1.54) is 0 Å². The number of fused-ring (bicyclic) bond motifs is 1. The maximum atomic E-state index is 12.7. The third-order valence-corrected chi connectivity index (χ3v) is 5.06. The van der Waals surface area contributed by atoms with Crippen molar-refractivity contribution in [1.29, 1.82) is 0 Å². The lowest BCUT2D eigenvalue weighted by Crippen LogP contribution is -2.33. The van der Waals surface area contributed by atoms with Gasteiger partial charge in [-0.1, -0.05) is 0 Å². The highest BCUT2D eigenvalue weighted by Gasteiger charge is 2.35.